The van der Waals surface area contributed by atoms with Gasteiger partial charge in [-0.2, -0.15) is 0 Å². The molecule has 0 radical (unpaired) electrons. The van der Waals surface area contributed by atoms with Crippen LogP contribution in [0.1, 0.15) is 106 Å². The Morgan fingerprint density at radius 3 is 1.95 bits per heavy atom. The second-order valence-electron chi connectivity index (χ2n) is 18.3. The molecule has 0 saturated heterocycles. The molecule has 3 fully saturated rings. The summed E-state index contributed by atoms with van der Waals surface area (Å²) >= 11 is 0. The Hall–Kier alpha value is -5.40. The normalized spacial score (nSPS) is 20.8. The van der Waals surface area contributed by atoms with Crippen LogP contribution in [0.15, 0.2) is 152 Å². The third-order valence-corrected chi connectivity index (χ3v) is 14.8. The second-order valence-corrected chi connectivity index (χ2v) is 18.3. The summed E-state index contributed by atoms with van der Waals surface area (Å²) in [6, 6.07) is 58.3. The smallest absolute Gasteiger partial charge is 0.0540 e. The lowest BCUT2D eigenvalue weighted by Crippen LogP contribution is -2.17. The van der Waals surface area contributed by atoms with Crippen molar-refractivity contribution in [1.82, 2.24) is 0 Å². The molecule has 4 aliphatic rings. The molecular weight excluding hydrogens is 687 g/mol. The second kappa shape index (κ2) is 13.9. The summed E-state index contributed by atoms with van der Waals surface area (Å²) in [5.74, 6) is 3.15. The van der Waals surface area contributed by atoms with E-state index in [0.29, 0.717) is 5.92 Å². The highest BCUT2D eigenvalue weighted by Gasteiger charge is 2.40. The summed E-state index contributed by atoms with van der Waals surface area (Å²) in [5.41, 5.74) is 17.4. The number of para-hydroxylation sites is 1. The lowest BCUT2D eigenvalue weighted by molar-refractivity contribution is 0.420. The van der Waals surface area contributed by atoms with Crippen molar-refractivity contribution in [2.75, 3.05) is 4.90 Å². The maximum atomic E-state index is 2.57. The quantitative estimate of drug-likeness (QED) is 0.157. The van der Waals surface area contributed by atoms with Gasteiger partial charge in [0.15, 0.2) is 0 Å². The molecule has 3 unspecified atom stereocenters. The van der Waals surface area contributed by atoms with Crippen LogP contribution in [0.25, 0.3) is 44.2 Å². The monoisotopic (exact) mass is 739 g/mol. The summed E-state index contributed by atoms with van der Waals surface area (Å²) in [6.07, 6.45) is 12.3. The molecule has 4 aliphatic carbocycles. The van der Waals surface area contributed by atoms with Gasteiger partial charge in [0, 0.05) is 22.4 Å². The molecule has 1 nitrogen and oxygen atoms in total. The van der Waals surface area contributed by atoms with Crippen LogP contribution >= 0.6 is 0 Å². The number of hydrogen-bond donors (Lipinski definition) is 0. The predicted molar refractivity (Wildman–Crippen MR) is 241 cm³/mol. The lowest BCUT2D eigenvalue weighted by atomic mass is 9.80. The van der Waals surface area contributed by atoms with Crippen molar-refractivity contribution in [3.63, 3.8) is 0 Å². The van der Waals surface area contributed by atoms with Gasteiger partial charge in [0.05, 0.1) is 5.69 Å². The van der Waals surface area contributed by atoms with Gasteiger partial charge in [-0.3, -0.25) is 0 Å². The van der Waals surface area contributed by atoms with E-state index in [-0.39, 0.29) is 5.41 Å². The van der Waals surface area contributed by atoms with Crippen LogP contribution in [0.5, 0.6) is 0 Å². The third-order valence-electron chi connectivity index (χ3n) is 14.8. The average molecular weight is 740 g/mol. The molecule has 2 bridgehead atoms. The van der Waals surface area contributed by atoms with E-state index in [9.17, 15) is 0 Å². The average Bonchev–Trinajstić information content (AvgIpc) is 3.97. The molecule has 0 aromatic heterocycles. The zero-order valence-corrected chi connectivity index (χ0v) is 33.6. The van der Waals surface area contributed by atoms with Crippen molar-refractivity contribution in [2.45, 2.75) is 88.9 Å². The Kier molecular flexibility index (Phi) is 8.50. The van der Waals surface area contributed by atoms with E-state index >= 15 is 0 Å². The minimum Gasteiger partial charge on any atom is -0.310 e. The molecule has 11 rings (SSSR count). The Bertz CT molecular complexity index is 2620. The molecule has 3 saturated carbocycles. The van der Waals surface area contributed by atoms with Gasteiger partial charge in [-0.05, 0) is 159 Å². The van der Waals surface area contributed by atoms with Crippen LogP contribution in [-0.2, 0) is 5.41 Å². The van der Waals surface area contributed by atoms with Crippen molar-refractivity contribution in [2.24, 2.45) is 11.8 Å². The fourth-order valence-corrected chi connectivity index (χ4v) is 11.8. The van der Waals surface area contributed by atoms with Crippen molar-refractivity contribution >= 4 is 27.8 Å². The van der Waals surface area contributed by atoms with Crippen LogP contribution < -0.4 is 4.90 Å². The molecule has 0 N–H and O–H groups in total. The van der Waals surface area contributed by atoms with E-state index in [1.807, 2.05) is 0 Å². The largest absolute Gasteiger partial charge is 0.310 e. The van der Waals surface area contributed by atoms with E-state index in [4.69, 9.17) is 0 Å². The maximum absolute atomic E-state index is 2.57. The minimum atomic E-state index is -0.155. The zero-order chi connectivity index (χ0) is 38.1. The molecule has 0 aliphatic heterocycles. The van der Waals surface area contributed by atoms with Crippen molar-refractivity contribution in [1.29, 1.82) is 0 Å². The summed E-state index contributed by atoms with van der Waals surface area (Å²) in [5, 5.41) is 2.57. The minimum absolute atomic E-state index is 0.155. The molecule has 0 amide bonds. The first-order valence-electron chi connectivity index (χ1n) is 21.9. The van der Waals surface area contributed by atoms with Gasteiger partial charge in [0.1, 0.15) is 0 Å². The van der Waals surface area contributed by atoms with Gasteiger partial charge in [-0.1, -0.05) is 149 Å². The van der Waals surface area contributed by atoms with Crippen LogP contribution in [-0.4, -0.2) is 0 Å². The topological polar surface area (TPSA) is 3.24 Å². The Morgan fingerprint density at radius 2 is 1.16 bits per heavy atom. The highest BCUT2D eigenvalue weighted by Crippen LogP contribution is 2.55. The standard InChI is InChI=1S/C56H53N/c1-56(2)53-35-43(42-23-22-38-12-6-7-15-41(38)34-42)26-30-49(53)50-31-29-46(36-54(50)56)57(45-27-24-40(25-28-45)52-33-37-20-21-44(52)32-37)55-19-11-10-18-51(55)48-17-9-8-16-47(48)39-13-4-3-5-14-39/h6-12,15-19,22-31,34-37,39,44,52H,3-5,13-14,20-21,32-33H2,1-2H3. The first kappa shape index (κ1) is 34.8. The molecule has 3 atom stereocenters. The Balaban J connectivity index is 1.02. The van der Waals surface area contributed by atoms with Gasteiger partial charge in [-0.15, -0.1) is 0 Å². The highest BCUT2D eigenvalue weighted by atomic mass is 15.1. The molecule has 7 aromatic rings. The molecule has 0 spiro atoms. The molecule has 57 heavy (non-hydrogen) atoms. The molecule has 7 aromatic carbocycles. The van der Waals surface area contributed by atoms with E-state index in [2.05, 4.69) is 170 Å². The SMILES string of the molecule is CC1(C)c2cc(-c3ccc4ccccc4c3)ccc2-c2ccc(N(c3ccc(C4CC5CCC4C5)cc3)c3ccccc3-c3ccccc3C3CCCCC3)cc21. The van der Waals surface area contributed by atoms with Crippen LogP contribution in [0, 0.1) is 11.8 Å². The van der Waals surface area contributed by atoms with Gasteiger partial charge < -0.3 is 4.90 Å². The number of fused-ring (bicyclic) bond motifs is 6. The maximum Gasteiger partial charge on any atom is 0.0540 e. The van der Waals surface area contributed by atoms with E-state index in [1.54, 1.807) is 0 Å². The highest BCUT2D eigenvalue weighted by molar-refractivity contribution is 5.93. The zero-order valence-electron chi connectivity index (χ0n) is 33.6. The van der Waals surface area contributed by atoms with Gasteiger partial charge in [0.2, 0.25) is 0 Å². The van der Waals surface area contributed by atoms with Crippen molar-refractivity contribution < 1.29 is 0 Å². The van der Waals surface area contributed by atoms with E-state index < -0.39 is 0 Å². The van der Waals surface area contributed by atoms with Crippen LogP contribution in [0.2, 0.25) is 0 Å². The molecule has 1 heteroatoms. The summed E-state index contributed by atoms with van der Waals surface area (Å²) in [6.45, 7) is 4.85. The first-order valence-corrected chi connectivity index (χ1v) is 21.9. The lowest BCUT2D eigenvalue weighted by Gasteiger charge is -2.31. The van der Waals surface area contributed by atoms with Gasteiger partial charge >= 0.3 is 0 Å². The first-order chi connectivity index (χ1) is 28.0. The number of anilines is 3. The summed E-state index contributed by atoms with van der Waals surface area (Å²) in [4.78, 5) is 2.57. The summed E-state index contributed by atoms with van der Waals surface area (Å²) in [7, 11) is 0. The number of rotatable bonds is 7. The molecule has 282 valence electrons. The Labute approximate surface area is 339 Å². The van der Waals surface area contributed by atoms with Gasteiger partial charge in [0.25, 0.3) is 0 Å². The number of nitrogens with zero attached hydrogens (tertiary/aromatic N) is 1. The fourth-order valence-electron chi connectivity index (χ4n) is 11.8. The van der Waals surface area contributed by atoms with Gasteiger partial charge in [-0.25, -0.2) is 0 Å². The van der Waals surface area contributed by atoms with Crippen LogP contribution in [0.3, 0.4) is 0 Å². The fraction of sp³-hybridized carbons (Fsp3) is 0.286. The molecular formula is C56H53N. The van der Waals surface area contributed by atoms with Crippen LogP contribution in [0.4, 0.5) is 17.1 Å². The van der Waals surface area contributed by atoms with Crippen molar-refractivity contribution in [3.05, 3.63) is 174 Å². The number of benzene rings is 7. The third kappa shape index (κ3) is 5.96. The Morgan fingerprint density at radius 1 is 0.491 bits per heavy atom. The van der Waals surface area contributed by atoms with E-state index in [0.717, 1.165) is 17.8 Å². The van der Waals surface area contributed by atoms with Crippen molar-refractivity contribution in [3.8, 4) is 33.4 Å². The number of hydrogen-bond acceptors (Lipinski definition) is 1. The predicted octanol–water partition coefficient (Wildman–Crippen LogP) is 15.9. The summed E-state index contributed by atoms with van der Waals surface area (Å²) < 4.78 is 0. The molecule has 0 heterocycles. The van der Waals surface area contributed by atoms with E-state index in [1.165, 1.54) is 141 Å².